The van der Waals surface area contributed by atoms with E-state index in [1.54, 1.807) is 7.05 Å². The molecule has 4 heteroatoms. The van der Waals surface area contributed by atoms with Crippen LogP contribution in [0.4, 0.5) is 0 Å². The number of benzene rings is 1. The van der Waals surface area contributed by atoms with Crippen molar-refractivity contribution in [3.63, 3.8) is 0 Å². The molecule has 17 heavy (non-hydrogen) atoms. The molecule has 0 aromatic heterocycles. The molecule has 0 unspecified atom stereocenters. The average molecular weight is 236 g/mol. The topological polar surface area (TPSA) is 55.6 Å². The Morgan fingerprint density at radius 2 is 2.00 bits per heavy atom. The minimum Gasteiger partial charge on any atom is -0.494 e. The Morgan fingerprint density at radius 3 is 2.53 bits per heavy atom. The fraction of sp³-hybridized carbons (Fsp3) is 0.462. The lowest BCUT2D eigenvalue weighted by Gasteiger charge is -2.10. The molecule has 1 amide bonds. The van der Waals surface area contributed by atoms with Gasteiger partial charge in [-0.15, -0.1) is 0 Å². The van der Waals surface area contributed by atoms with Gasteiger partial charge in [-0.25, -0.2) is 5.84 Å². The molecule has 0 aliphatic heterocycles. The number of rotatable bonds is 6. The third-order valence-corrected chi connectivity index (χ3v) is 2.53. The maximum Gasteiger partial charge on any atom is 0.236 e. The van der Waals surface area contributed by atoms with E-state index in [9.17, 15) is 4.79 Å². The van der Waals surface area contributed by atoms with Gasteiger partial charge in [-0.2, -0.15) is 0 Å². The monoisotopic (exact) mass is 236 g/mol. The van der Waals surface area contributed by atoms with Gasteiger partial charge >= 0.3 is 0 Å². The summed E-state index contributed by atoms with van der Waals surface area (Å²) in [4.78, 5) is 11.2. The Balaban J connectivity index is 2.24. The van der Waals surface area contributed by atoms with E-state index in [0.29, 0.717) is 19.4 Å². The summed E-state index contributed by atoms with van der Waals surface area (Å²) in [5.74, 6) is 6.07. The van der Waals surface area contributed by atoms with E-state index in [2.05, 4.69) is 6.92 Å². The summed E-state index contributed by atoms with van der Waals surface area (Å²) in [6, 6.07) is 8.01. The van der Waals surface area contributed by atoms with Crippen LogP contribution < -0.4 is 10.6 Å². The van der Waals surface area contributed by atoms with Gasteiger partial charge in [-0.1, -0.05) is 19.1 Å². The summed E-state index contributed by atoms with van der Waals surface area (Å²) in [5, 5.41) is 1.11. The van der Waals surface area contributed by atoms with Crippen molar-refractivity contribution in [2.75, 3.05) is 13.7 Å². The number of hydrogen-bond acceptors (Lipinski definition) is 3. The molecule has 0 bridgehead atoms. The molecule has 0 spiro atoms. The second-order valence-electron chi connectivity index (χ2n) is 3.95. The highest BCUT2D eigenvalue weighted by molar-refractivity contribution is 5.75. The molecule has 94 valence electrons. The van der Waals surface area contributed by atoms with Gasteiger partial charge in [-0.3, -0.25) is 9.80 Å². The molecule has 0 aliphatic carbocycles. The highest BCUT2D eigenvalue weighted by Gasteiger charge is 2.03. The molecule has 1 aromatic rings. The Hall–Kier alpha value is -1.55. The lowest BCUT2D eigenvalue weighted by molar-refractivity contribution is -0.130. The summed E-state index contributed by atoms with van der Waals surface area (Å²) in [6.07, 6.45) is 2.12. The van der Waals surface area contributed by atoms with E-state index in [-0.39, 0.29) is 5.91 Å². The molecule has 0 saturated carbocycles. The van der Waals surface area contributed by atoms with Crippen molar-refractivity contribution < 1.29 is 9.53 Å². The first kappa shape index (κ1) is 13.5. The van der Waals surface area contributed by atoms with Crippen molar-refractivity contribution in [3.8, 4) is 5.75 Å². The fourth-order valence-electron chi connectivity index (χ4n) is 1.41. The predicted molar refractivity (Wildman–Crippen MR) is 67.5 cm³/mol. The molecule has 0 heterocycles. The third kappa shape index (κ3) is 4.87. The smallest absolute Gasteiger partial charge is 0.236 e. The summed E-state index contributed by atoms with van der Waals surface area (Å²) >= 11 is 0. The van der Waals surface area contributed by atoms with Crippen LogP contribution in [0.3, 0.4) is 0 Å². The first-order valence-electron chi connectivity index (χ1n) is 5.86. The third-order valence-electron chi connectivity index (χ3n) is 2.53. The van der Waals surface area contributed by atoms with E-state index in [4.69, 9.17) is 10.6 Å². The second kappa shape index (κ2) is 6.91. The average Bonchev–Trinajstić information content (AvgIpc) is 2.35. The zero-order chi connectivity index (χ0) is 12.7. The van der Waals surface area contributed by atoms with Crippen LogP contribution >= 0.6 is 0 Å². The van der Waals surface area contributed by atoms with Crippen molar-refractivity contribution in [2.24, 2.45) is 5.84 Å². The Labute approximate surface area is 102 Å². The highest BCUT2D eigenvalue weighted by Crippen LogP contribution is 2.12. The Morgan fingerprint density at radius 1 is 1.35 bits per heavy atom. The van der Waals surface area contributed by atoms with Gasteiger partial charge in [0.15, 0.2) is 0 Å². The molecule has 1 rings (SSSR count). The zero-order valence-corrected chi connectivity index (χ0v) is 10.5. The molecule has 0 fully saturated rings. The van der Waals surface area contributed by atoms with Gasteiger partial charge in [0.05, 0.1) is 6.61 Å². The van der Waals surface area contributed by atoms with Crippen LogP contribution in [0.25, 0.3) is 0 Å². The maximum atomic E-state index is 11.2. The summed E-state index contributed by atoms with van der Waals surface area (Å²) in [6.45, 7) is 2.65. The lowest BCUT2D eigenvalue weighted by atomic mass is 10.2. The quantitative estimate of drug-likeness (QED) is 0.354. The van der Waals surface area contributed by atoms with Crippen molar-refractivity contribution in [3.05, 3.63) is 29.8 Å². The number of nitrogens with two attached hydrogens (primary N) is 1. The molecular weight excluding hydrogens is 216 g/mol. The number of amides is 1. The number of hydrazine groups is 1. The fourth-order valence-corrected chi connectivity index (χ4v) is 1.41. The van der Waals surface area contributed by atoms with Gasteiger partial charge in [0.1, 0.15) is 5.75 Å². The summed E-state index contributed by atoms with van der Waals surface area (Å²) < 4.78 is 5.52. The van der Waals surface area contributed by atoms with Crippen molar-refractivity contribution in [2.45, 2.75) is 26.2 Å². The number of hydrogen-bond donors (Lipinski definition) is 1. The highest BCUT2D eigenvalue weighted by atomic mass is 16.5. The van der Waals surface area contributed by atoms with Gasteiger partial charge in [0.25, 0.3) is 0 Å². The SMILES string of the molecule is CCc1ccc(OCCCC(=O)N(C)N)cc1. The second-order valence-corrected chi connectivity index (χ2v) is 3.95. The minimum atomic E-state index is -0.0741. The standard InChI is InChI=1S/C13H20N2O2/c1-3-11-6-8-12(9-7-11)17-10-4-5-13(16)15(2)14/h6-9H,3-5,10,14H2,1-2H3. The van der Waals surface area contributed by atoms with Crippen LogP contribution in [0.2, 0.25) is 0 Å². The van der Waals surface area contributed by atoms with Gasteiger partial charge < -0.3 is 4.74 Å². The summed E-state index contributed by atoms with van der Waals surface area (Å²) in [5.41, 5.74) is 1.29. The molecule has 0 saturated heterocycles. The Kier molecular flexibility index (Phi) is 5.49. The predicted octanol–water partition coefficient (Wildman–Crippen LogP) is 1.74. The van der Waals surface area contributed by atoms with Gasteiger partial charge in [-0.05, 0) is 30.5 Å². The minimum absolute atomic E-state index is 0.0741. The molecular formula is C13H20N2O2. The largest absolute Gasteiger partial charge is 0.494 e. The number of ether oxygens (including phenoxy) is 1. The van der Waals surface area contributed by atoms with Crippen LogP contribution in [-0.4, -0.2) is 24.6 Å². The summed E-state index contributed by atoms with van der Waals surface area (Å²) in [7, 11) is 1.55. The van der Waals surface area contributed by atoms with E-state index >= 15 is 0 Å². The van der Waals surface area contributed by atoms with Gasteiger partial charge in [0.2, 0.25) is 5.91 Å². The maximum absolute atomic E-state index is 11.2. The van der Waals surface area contributed by atoms with E-state index in [0.717, 1.165) is 17.2 Å². The first-order chi connectivity index (χ1) is 8.13. The van der Waals surface area contributed by atoms with Crippen LogP contribution in [0, 0.1) is 0 Å². The van der Waals surface area contributed by atoms with Gasteiger partial charge in [0, 0.05) is 13.5 Å². The molecule has 0 atom stereocenters. The molecule has 1 aromatic carbocycles. The van der Waals surface area contributed by atoms with Crippen LogP contribution in [0.15, 0.2) is 24.3 Å². The molecule has 0 radical (unpaired) electrons. The Bertz CT molecular complexity index is 347. The molecule has 4 nitrogen and oxygen atoms in total. The van der Waals surface area contributed by atoms with Crippen molar-refractivity contribution in [1.82, 2.24) is 5.01 Å². The first-order valence-corrected chi connectivity index (χ1v) is 5.86. The van der Waals surface area contributed by atoms with Crippen LogP contribution in [-0.2, 0) is 11.2 Å². The van der Waals surface area contributed by atoms with E-state index in [1.165, 1.54) is 5.56 Å². The van der Waals surface area contributed by atoms with Crippen LogP contribution in [0.1, 0.15) is 25.3 Å². The number of aryl methyl sites for hydroxylation is 1. The van der Waals surface area contributed by atoms with Crippen LogP contribution in [0.5, 0.6) is 5.75 Å². The van der Waals surface area contributed by atoms with Crippen molar-refractivity contribution in [1.29, 1.82) is 0 Å². The van der Waals surface area contributed by atoms with E-state index < -0.39 is 0 Å². The number of carbonyl (C=O) groups is 1. The number of carbonyl (C=O) groups excluding carboxylic acids is 1. The molecule has 0 aliphatic rings. The molecule has 2 N–H and O–H groups in total. The van der Waals surface area contributed by atoms with Crippen molar-refractivity contribution >= 4 is 5.91 Å². The lowest BCUT2D eigenvalue weighted by Crippen LogP contribution is -2.33. The van der Waals surface area contributed by atoms with E-state index in [1.807, 2.05) is 24.3 Å². The normalized spacial score (nSPS) is 10.1. The number of nitrogens with zero attached hydrogens (tertiary/aromatic N) is 1. The zero-order valence-electron chi connectivity index (χ0n) is 10.5.